The maximum Gasteiger partial charge on any atom is 0.331 e. The molecule has 2 fully saturated rings. The minimum Gasteiger partial charge on any atom is -0.494 e. The number of halogens is 1. The minimum absolute atomic E-state index is 0.00644. The van der Waals surface area contributed by atoms with Crippen molar-refractivity contribution in [2.75, 3.05) is 26.8 Å². The maximum atomic E-state index is 14.1. The zero-order valence-corrected chi connectivity index (χ0v) is 19.5. The van der Waals surface area contributed by atoms with Gasteiger partial charge in [0, 0.05) is 12.1 Å². The highest BCUT2D eigenvalue weighted by Gasteiger charge is 2.24. The van der Waals surface area contributed by atoms with Crippen molar-refractivity contribution in [1.82, 2.24) is 19.9 Å². The standard InChI is InChI=1S/C24H33FN4O4/c1-3-29-14-8-9-17(29)16-31-22-26-23(32-18-10-6-4-5-7-11-18)28-24(27-22)33-19-12-13-21(30-2)20(25)15-19/h12-13,15,17-18H,3-11,14,16H2,1-2H3. The summed E-state index contributed by atoms with van der Waals surface area (Å²) in [6.07, 6.45) is 8.93. The topological polar surface area (TPSA) is 78.8 Å². The number of hydrogen-bond acceptors (Lipinski definition) is 8. The lowest BCUT2D eigenvalue weighted by atomic mass is 10.2. The number of methoxy groups -OCH3 is 1. The molecule has 33 heavy (non-hydrogen) atoms. The van der Waals surface area contributed by atoms with E-state index in [0.717, 1.165) is 51.6 Å². The third-order valence-electron chi connectivity index (χ3n) is 6.29. The average molecular weight is 461 g/mol. The molecule has 4 rings (SSSR count). The van der Waals surface area contributed by atoms with Crippen LogP contribution in [0.1, 0.15) is 58.3 Å². The molecular weight excluding hydrogens is 427 g/mol. The zero-order valence-electron chi connectivity index (χ0n) is 19.5. The Balaban J connectivity index is 1.52. The first-order valence-electron chi connectivity index (χ1n) is 12.0. The van der Waals surface area contributed by atoms with Crippen molar-refractivity contribution in [2.24, 2.45) is 0 Å². The quantitative estimate of drug-likeness (QED) is 0.495. The second-order valence-electron chi connectivity index (χ2n) is 8.55. The molecule has 8 nitrogen and oxygen atoms in total. The van der Waals surface area contributed by atoms with Crippen LogP contribution >= 0.6 is 0 Å². The molecule has 1 aliphatic heterocycles. The smallest absolute Gasteiger partial charge is 0.331 e. The monoisotopic (exact) mass is 460 g/mol. The highest BCUT2D eigenvalue weighted by molar-refractivity contribution is 5.34. The van der Waals surface area contributed by atoms with Crippen LogP contribution in [-0.2, 0) is 0 Å². The van der Waals surface area contributed by atoms with Gasteiger partial charge in [-0.15, -0.1) is 15.0 Å². The Bertz CT molecular complexity index is 908. The van der Waals surface area contributed by atoms with E-state index in [0.29, 0.717) is 12.6 Å². The molecule has 0 spiro atoms. The highest BCUT2D eigenvalue weighted by Crippen LogP contribution is 2.28. The van der Waals surface area contributed by atoms with Gasteiger partial charge in [-0.05, 0) is 63.7 Å². The van der Waals surface area contributed by atoms with Crippen LogP contribution in [0.25, 0.3) is 0 Å². The van der Waals surface area contributed by atoms with E-state index in [-0.39, 0.29) is 35.6 Å². The number of nitrogens with zero attached hydrogens (tertiary/aromatic N) is 4. The summed E-state index contributed by atoms with van der Waals surface area (Å²) in [5.74, 6) is -0.147. The van der Waals surface area contributed by atoms with Gasteiger partial charge in [0.25, 0.3) is 0 Å². The van der Waals surface area contributed by atoms with Crippen LogP contribution in [0.5, 0.6) is 29.5 Å². The van der Waals surface area contributed by atoms with Crippen molar-refractivity contribution < 1.29 is 23.3 Å². The Morgan fingerprint density at radius 3 is 2.45 bits per heavy atom. The first-order valence-corrected chi connectivity index (χ1v) is 12.0. The Kier molecular flexibility index (Phi) is 8.15. The molecule has 2 heterocycles. The summed E-state index contributed by atoms with van der Waals surface area (Å²) < 4.78 is 36.9. The van der Waals surface area contributed by atoms with Gasteiger partial charge >= 0.3 is 18.0 Å². The SMILES string of the molecule is CCN1CCCC1COc1nc(Oc2ccc(OC)c(F)c2)nc(OC2CCCCCC2)n1. The van der Waals surface area contributed by atoms with E-state index in [9.17, 15) is 4.39 Å². The van der Waals surface area contributed by atoms with Crippen molar-refractivity contribution in [1.29, 1.82) is 0 Å². The maximum absolute atomic E-state index is 14.1. The number of benzene rings is 1. The highest BCUT2D eigenvalue weighted by atomic mass is 19.1. The predicted octanol–water partition coefficient (Wildman–Crippen LogP) is 4.78. The molecule has 0 radical (unpaired) electrons. The third kappa shape index (κ3) is 6.43. The molecule has 9 heteroatoms. The first kappa shape index (κ1) is 23.5. The molecular formula is C24H33FN4O4. The van der Waals surface area contributed by atoms with E-state index in [1.165, 1.54) is 32.1 Å². The fourth-order valence-electron chi connectivity index (χ4n) is 4.48. The van der Waals surface area contributed by atoms with Crippen molar-refractivity contribution in [3.63, 3.8) is 0 Å². The van der Waals surface area contributed by atoms with Crippen LogP contribution < -0.4 is 18.9 Å². The Hall–Kier alpha value is -2.68. The van der Waals surface area contributed by atoms with Gasteiger partial charge in [-0.3, -0.25) is 4.90 Å². The Morgan fingerprint density at radius 1 is 0.970 bits per heavy atom. The molecule has 1 saturated heterocycles. The van der Waals surface area contributed by atoms with Crippen molar-refractivity contribution in [3.05, 3.63) is 24.0 Å². The lowest BCUT2D eigenvalue weighted by Gasteiger charge is -2.22. The van der Waals surface area contributed by atoms with Crippen LogP contribution in [0.2, 0.25) is 0 Å². The normalized spacial score (nSPS) is 19.8. The van der Waals surface area contributed by atoms with E-state index in [2.05, 4.69) is 26.8 Å². The van der Waals surface area contributed by atoms with E-state index in [1.54, 1.807) is 6.07 Å². The largest absolute Gasteiger partial charge is 0.494 e. The fraction of sp³-hybridized carbons (Fsp3) is 0.625. The van der Waals surface area contributed by atoms with E-state index < -0.39 is 5.82 Å². The van der Waals surface area contributed by atoms with Gasteiger partial charge in [0.2, 0.25) is 0 Å². The van der Waals surface area contributed by atoms with E-state index in [1.807, 2.05) is 0 Å². The lowest BCUT2D eigenvalue weighted by molar-refractivity contribution is 0.150. The summed E-state index contributed by atoms with van der Waals surface area (Å²) in [5, 5.41) is 0. The minimum atomic E-state index is -0.531. The van der Waals surface area contributed by atoms with E-state index in [4.69, 9.17) is 18.9 Å². The van der Waals surface area contributed by atoms with Gasteiger partial charge in [-0.25, -0.2) is 4.39 Å². The van der Waals surface area contributed by atoms with Gasteiger partial charge in [0.05, 0.1) is 7.11 Å². The molecule has 1 unspecified atom stereocenters. The molecule has 1 aliphatic carbocycles. The molecule has 1 saturated carbocycles. The van der Waals surface area contributed by atoms with Crippen LogP contribution in [0, 0.1) is 5.82 Å². The summed E-state index contributed by atoms with van der Waals surface area (Å²) in [6.45, 7) is 4.70. The third-order valence-corrected chi connectivity index (χ3v) is 6.29. The van der Waals surface area contributed by atoms with Gasteiger partial charge in [-0.1, -0.05) is 19.8 Å². The molecule has 0 amide bonds. The first-order chi connectivity index (χ1) is 16.1. The predicted molar refractivity (Wildman–Crippen MR) is 121 cm³/mol. The van der Waals surface area contributed by atoms with Crippen LogP contribution in [0.4, 0.5) is 4.39 Å². The summed E-state index contributed by atoms with van der Waals surface area (Å²) in [7, 11) is 1.41. The van der Waals surface area contributed by atoms with Crippen molar-refractivity contribution in [2.45, 2.75) is 70.4 Å². The molecule has 0 N–H and O–H groups in total. The lowest BCUT2D eigenvalue weighted by Crippen LogP contribution is -2.34. The summed E-state index contributed by atoms with van der Waals surface area (Å²) in [6, 6.07) is 4.98. The number of rotatable bonds is 9. The van der Waals surface area contributed by atoms with Gasteiger partial charge in [0.1, 0.15) is 18.5 Å². The van der Waals surface area contributed by atoms with Crippen LogP contribution in [0.3, 0.4) is 0 Å². The summed E-state index contributed by atoms with van der Waals surface area (Å²) in [4.78, 5) is 15.4. The van der Waals surface area contributed by atoms with Crippen molar-refractivity contribution >= 4 is 0 Å². The second kappa shape index (κ2) is 11.4. The van der Waals surface area contributed by atoms with Gasteiger partial charge in [0.15, 0.2) is 11.6 Å². The molecule has 1 atom stereocenters. The molecule has 2 aliphatic rings. The van der Waals surface area contributed by atoms with E-state index >= 15 is 0 Å². The average Bonchev–Trinajstić information content (AvgIpc) is 3.12. The summed E-state index contributed by atoms with van der Waals surface area (Å²) >= 11 is 0. The Morgan fingerprint density at radius 2 is 1.73 bits per heavy atom. The second-order valence-corrected chi connectivity index (χ2v) is 8.55. The summed E-state index contributed by atoms with van der Waals surface area (Å²) in [5.41, 5.74) is 0. The number of likely N-dealkylation sites (N-methyl/N-ethyl adjacent to an activating group) is 1. The molecule has 1 aromatic carbocycles. The number of ether oxygens (including phenoxy) is 4. The number of hydrogen-bond donors (Lipinski definition) is 0. The van der Waals surface area contributed by atoms with Gasteiger partial charge in [-0.2, -0.15) is 0 Å². The zero-order chi connectivity index (χ0) is 23.0. The Labute approximate surface area is 194 Å². The van der Waals surface area contributed by atoms with Gasteiger partial charge < -0.3 is 18.9 Å². The molecule has 180 valence electrons. The molecule has 1 aromatic heterocycles. The number of likely N-dealkylation sites (tertiary alicyclic amines) is 1. The number of aromatic nitrogens is 3. The molecule has 2 aromatic rings. The van der Waals surface area contributed by atoms with Crippen molar-refractivity contribution in [3.8, 4) is 29.5 Å². The fourth-order valence-corrected chi connectivity index (χ4v) is 4.48. The van der Waals surface area contributed by atoms with Crippen LogP contribution in [0.15, 0.2) is 18.2 Å². The molecule has 0 bridgehead atoms. The van der Waals surface area contributed by atoms with Crippen LogP contribution in [-0.4, -0.2) is 58.8 Å².